The van der Waals surface area contributed by atoms with E-state index >= 15 is 0 Å². The van der Waals surface area contributed by atoms with E-state index in [2.05, 4.69) is 20.9 Å². The maximum absolute atomic E-state index is 12.4. The van der Waals surface area contributed by atoms with E-state index < -0.39 is 6.43 Å². The number of nitrogens with zero attached hydrogens (tertiary/aromatic N) is 1. The smallest absolute Gasteiger partial charge is 0.265 e. The molecule has 0 unspecified atom stereocenters. The molecule has 1 rings (SSSR count). The fraction of sp³-hybridized carbons (Fsp3) is 0.444. The number of halogens is 3. The molecule has 14 heavy (non-hydrogen) atoms. The SMILES string of the molecule is Cc1c(C(F)F)cnc(CBr)c1CO. The molecule has 0 aromatic carbocycles. The highest BCUT2D eigenvalue weighted by molar-refractivity contribution is 9.08. The molecular formula is C9H10BrF2NO. The van der Waals surface area contributed by atoms with Gasteiger partial charge in [-0.05, 0) is 12.5 Å². The van der Waals surface area contributed by atoms with Gasteiger partial charge in [0.2, 0.25) is 0 Å². The van der Waals surface area contributed by atoms with Gasteiger partial charge in [0, 0.05) is 22.7 Å². The molecule has 78 valence electrons. The van der Waals surface area contributed by atoms with Crippen molar-refractivity contribution in [2.24, 2.45) is 0 Å². The summed E-state index contributed by atoms with van der Waals surface area (Å²) >= 11 is 3.18. The minimum atomic E-state index is -2.54. The van der Waals surface area contributed by atoms with Crippen molar-refractivity contribution in [3.05, 3.63) is 28.6 Å². The Morgan fingerprint density at radius 2 is 2.21 bits per heavy atom. The molecule has 1 heterocycles. The average Bonchev–Trinajstić information content (AvgIpc) is 2.16. The lowest BCUT2D eigenvalue weighted by molar-refractivity contribution is 0.149. The van der Waals surface area contributed by atoms with Crippen LogP contribution >= 0.6 is 15.9 Å². The van der Waals surface area contributed by atoms with Gasteiger partial charge in [0.15, 0.2) is 0 Å². The van der Waals surface area contributed by atoms with Gasteiger partial charge in [-0.2, -0.15) is 0 Å². The Balaban J connectivity index is 3.27. The Morgan fingerprint density at radius 1 is 1.57 bits per heavy atom. The van der Waals surface area contributed by atoms with Crippen LogP contribution in [0, 0.1) is 6.92 Å². The molecule has 1 N–H and O–H groups in total. The Kier molecular flexibility index (Phi) is 3.95. The first-order valence-electron chi connectivity index (χ1n) is 4.04. The fourth-order valence-corrected chi connectivity index (χ4v) is 1.74. The fourth-order valence-electron chi connectivity index (χ4n) is 1.26. The lowest BCUT2D eigenvalue weighted by atomic mass is 10.0. The summed E-state index contributed by atoms with van der Waals surface area (Å²) in [6.45, 7) is 1.31. The third kappa shape index (κ3) is 2.09. The van der Waals surface area contributed by atoms with Gasteiger partial charge in [0.1, 0.15) is 0 Å². The second-order valence-electron chi connectivity index (χ2n) is 2.86. The van der Waals surface area contributed by atoms with Crippen LogP contribution in [-0.2, 0) is 11.9 Å². The van der Waals surface area contributed by atoms with Crippen LogP contribution in [-0.4, -0.2) is 10.1 Å². The van der Waals surface area contributed by atoms with Gasteiger partial charge in [-0.15, -0.1) is 0 Å². The van der Waals surface area contributed by atoms with Crippen molar-refractivity contribution < 1.29 is 13.9 Å². The predicted molar refractivity (Wildman–Crippen MR) is 52.5 cm³/mol. The highest BCUT2D eigenvalue weighted by atomic mass is 79.9. The summed E-state index contributed by atoms with van der Waals surface area (Å²) in [6.07, 6.45) is -1.38. The minimum absolute atomic E-state index is 0.112. The van der Waals surface area contributed by atoms with E-state index in [0.717, 1.165) is 6.20 Å². The van der Waals surface area contributed by atoms with Gasteiger partial charge in [-0.3, -0.25) is 4.98 Å². The number of pyridine rings is 1. The first kappa shape index (κ1) is 11.5. The van der Waals surface area contributed by atoms with Crippen LogP contribution in [0.1, 0.15) is 28.8 Å². The molecule has 0 saturated heterocycles. The van der Waals surface area contributed by atoms with Gasteiger partial charge >= 0.3 is 0 Å². The average molecular weight is 266 g/mol. The van der Waals surface area contributed by atoms with Gasteiger partial charge in [-0.25, -0.2) is 8.78 Å². The monoisotopic (exact) mass is 265 g/mol. The van der Waals surface area contributed by atoms with E-state index in [4.69, 9.17) is 5.11 Å². The van der Waals surface area contributed by atoms with E-state index in [1.54, 1.807) is 6.92 Å². The first-order valence-corrected chi connectivity index (χ1v) is 5.16. The Morgan fingerprint density at radius 3 is 2.64 bits per heavy atom. The summed E-state index contributed by atoms with van der Waals surface area (Å²) in [4.78, 5) is 3.86. The van der Waals surface area contributed by atoms with Crippen molar-refractivity contribution in [1.29, 1.82) is 0 Å². The topological polar surface area (TPSA) is 33.1 Å². The standard InChI is InChI=1S/C9H10BrF2NO/c1-5-6(9(11)12)3-13-8(2-10)7(5)4-14/h3,9,14H,2,4H2,1H3. The van der Waals surface area contributed by atoms with E-state index in [1.165, 1.54) is 0 Å². The van der Waals surface area contributed by atoms with E-state index in [1.807, 2.05) is 0 Å². The molecule has 1 aromatic heterocycles. The van der Waals surface area contributed by atoms with Crippen molar-refractivity contribution in [1.82, 2.24) is 4.98 Å². The number of aliphatic hydroxyl groups excluding tert-OH is 1. The van der Waals surface area contributed by atoms with Crippen molar-refractivity contribution in [2.45, 2.75) is 25.3 Å². The maximum Gasteiger partial charge on any atom is 0.265 e. The summed E-state index contributed by atoms with van der Waals surface area (Å²) in [7, 11) is 0. The van der Waals surface area contributed by atoms with Crippen LogP contribution in [0.4, 0.5) is 8.78 Å². The molecule has 0 amide bonds. The number of aromatic nitrogens is 1. The number of aliphatic hydroxyl groups is 1. The van der Waals surface area contributed by atoms with Crippen molar-refractivity contribution >= 4 is 15.9 Å². The number of alkyl halides is 3. The molecule has 2 nitrogen and oxygen atoms in total. The van der Waals surface area contributed by atoms with E-state index in [0.29, 0.717) is 22.2 Å². The zero-order chi connectivity index (χ0) is 10.7. The van der Waals surface area contributed by atoms with Gasteiger partial charge < -0.3 is 5.11 Å². The highest BCUT2D eigenvalue weighted by Crippen LogP contribution is 2.26. The second kappa shape index (κ2) is 4.79. The summed E-state index contributed by atoms with van der Waals surface area (Å²) in [5.41, 5.74) is 1.40. The second-order valence-corrected chi connectivity index (χ2v) is 3.42. The molecule has 0 aliphatic rings. The summed E-state index contributed by atoms with van der Waals surface area (Å²) in [5, 5.41) is 9.48. The lowest BCUT2D eigenvalue weighted by Crippen LogP contribution is -2.03. The highest BCUT2D eigenvalue weighted by Gasteiger charge is 2.16. The van der Waals surface area contributed by atoms with Crippen LogP contribution in [0.3, 0.4) is 0 Å². The quantitative estimate of drug-likeness (QED) is 0.853. The van der Waals surface area contributed by atoms with Gasteiger partial charge in [0.05, 0.1) is 12.3 Å². The lowest BCUT2D eigenvalue weighted by Gasteiger charge is -2.11. The molecule has 0 aliphatic heterocycles. The first-order chi connectivity index (χ1) is 6.61. The molecule has 0 radical (unpaired) electrons. The molecule has 0 aliphatic carbocycles. The summed E-state index contributed by atoms with van der Waals surface area (Å²) < 4.78 is 24.9. The van der Waals surface area contributed by atoms with E-state index in [9.17, 15) is 8.78 Å². The zero-order valence-electron chi connectivity index (χ0n) is 7.60. The third-order valence-electron chi connectivity index (χ3n) is 2.11. The van der Waals surface area contributed by atoms with Crippen molar-refractivity contribution in [3.63, 3.8) is 0 Å². The molecule has 1 aromatic rings. The molecule has 0 saturated carbocycles. The van der Waals surface area contributed by atoms with Gasteiger partial charge in [-0.1, -0.05) is 15.9 Å². The van der Waals surface area contributed by atoms with Gasteiger partial charge in [0.25, 0.3) is 6.43 Å². The molecule has 0 atom stereocenters. The molecular weight excluding hydrogens is 256 g/mol. The summed E-state index contributed by atoms with van der Waals surface area (Å²) in [6, 6.07) is 0. The Labute approximate surface area is 89.1 Å². The largest absolute Gasteiger partial charge is 0.392 e. The molecule has 5 heteroatoms. The number of hydrogen-bond donors (Lipinski definition) is 1. The number of rotatable bonds is 3. The van der Waals surface area contributed by atoms with Crippen molar-refractivity contribution in [3.8, 4) is 0 Å². The normalized spacial score (nSPS) is 11.0. The third-order valence-corrected chi connectivity index (χ3v) is 2.64. The van der Waals surface area contributed by atoms with Crippen LogP contribution in [0.2, 0.25) is 0 Å². The molecule has 0 bridgehead atoms. The maximum atomic E-state index is 12.4. The van der Waals surface area contributed by atoms with E-state index in [-0.39, 0.29) is 12.2 Å². The van der Waals surface area contributed by atoms with Crippen LogP contribution < -0.4 is 0 Å². The molecule has 0 spiro atoms. The van der Waals surface area contributed by atoms with Crippen LogP contribution in [0.25, 0.3) is 0 Å². The van der Waals surface area contributed by atoms with Crippen LogP contribution in [0.15, 0.2) is 6.20 Å². The Hall–Kier alpha value is -0.550. The minimum Gasteiger partial charge on any atom is -0.392 e. The predicted octanol–water partition coefficient (Wildman–Crippen LogP) is 2.71. The summed E-state index contributed by atoms with van der Waals surface area (Å²) in [5.74, 6) is 0. The van der Waals surface area contributed by atoms with Crippen molar-refractivity contribution in [2.75, 3.05) is 0 Å². The number of hydrogen-bond acceptors (Lipinski definition) is 2. The van der Waals surface area contributed by atoms with Crippen LogP contribution in [0.5, 0.6) is 0 Å². The molecule has 0 fully saturated rings. The Bertz CT molecular complexity index is 331. The zero-order valence-corrected chi connectivity index (χ0v) is 9.18.